The molecule has 0 unspecified atom stereocenters. The average Bonchev–Trinajstić information content (AvgIpc) is 2.67. The Morgan fingerprint density at radius 1 is 1.14 bits per heavy atom. The minimum atomic E-state index is -0.131. The van der Waals surface area contributed by atoms with E-state index >= 15 is 0 Å². The number of aryl methyl sites for hydroxylation is 1. The minimum Gasteiger partial charge on any atom is -0.338 e. The maximum Gasteiger partial charge on any atom is 0.262 e. The molecule has 4 nitrogen and oxygen atoms in total. The van der Waals surface area contributed by atoms with Crippen molar-refractivity contribution in [3.8, 4) is 0 Å². The molecule has 1 N–H and O–H groups in total. The summed E-state index contributed by atoms with van der Waals surface area (Å²) in [6.07, 6.45) is 3.07. The van der Waals surface area contributed by atoms with Crippen molar-refractivity contribution in [1.29, 1.82) is 0 Å². The molecule has 2 atom stereocenters. The molecule has 2 amide bonds. The number of amides is 2. The van der Waals surface area contributed by atoms with Gasteiger partial charge in [-0.25, -0.2) is 0 Å². The van der Waals surface area contributed by atoms with Gasteiger partial charge in [0, 0.05) is 23.5 Å². The summed E-state index contributed by atoms with van der Waals surface area (Å²) in [4.78, 5) is 29.2. The number of rotatable bonds is 2. The smallest absolute Gasteiger partial charge is 0.262 e. The van der Waals surface area contributed by atoms with E-state index in [0.717, 1.165) is 35.5 Å². The summed E-state index contributed by atoms with van der Waals surface area (Å²) < 4.78 is 0. The maximum atomic E-state index is 13.0. The molecule has 150 valence electrons. The third-order valence-corrected chi connectivity index (χ3v) is 6.51. The third-order valence-electron chi connectivity index (χ3n) is 5.41. The molecule has 29 heavy (non-hydrogen) atoms. The summed E-state index contributed by atoms with van der Waals surface area (Å²) in [5.41, 5.74) is 3.51. The molecule has 1 saturated heterocycles. The molecular formula is C24H26N2O2S. The van der Waals surface area contributed by atoms with Crippen LogP contribution in [0.15, 0.2) is 52.3 Å². The standard InChI is InChI=1S/C24H26N2O2S/c1-15-5-4-6-18(10-15)11-22-23(27)25-20-12-19(7-8-21(20)29-22)24(28)26-13-16(2)9-17(3)14-26/h4-8,10-12,16-17H,9,13-14H2,1-3H3,(H,25,27)/b22-11+/t16-,17-/m1/s1. The Balaban J connectivity index is 1.56. The van der Waals surface area contributed by atoms with Crippen molar-refractivity contribution >= 4 is 35.3 Å². The van der Waals surface area contributed by atoms with E-state index in [1.165, 1.54) is 11.8 Å². The zero-order valence-electron chi connectivity index (χ0n) is 17.1. The van der Waals surface area contributed by atoms with Gasteiger partial charge in [0.15, 0.2) is 0 Å². The van der Waals surface area contributed by atoms with Gasteiger partial charge in [-0.3, -0.25) is 9.59 Å². The van der Waals surface area contributed by atoms with Crippen molar-refractivity contribution < 1.29 is 9.59 Å². The van der Waals surface area contributed by atoms with Crippen molar-refractivity contribution in [1.82, 2.24) is 4.90 Å². The molecule has 0 aromatic heterocycles. The fourth-order valence-electron chi connectivity index (χ4n) is 4.22. The van der Waals surface area contributed by atoms with Gasteiger partial charge in [-0.1, -0.05) is 55.4 Å². The minimum absolute atomic E-state index is 0.0477. The largest absolute Gasteiger partial charge is 0.338 e. The summed E-state index contributed by atoms with van der Waals surface area (Å²) in [5.74, 6) is 0.954. The topological polar surface area (TPSA) is 49.4 Å². The Morgan fingerprint density at radius 3 is 2.62 bits per heavy atom. The average molecular weight is 407 g/mol. The molecule has 4 rings (SSSR count). The van der Waals surface area contributed by atoms with E-state index in [1.54, 1.807) is 0 Å². The second-order valence-corrected chi connectivity index (χ2v) is 9.43. The van der Waals surface area contributed by atoms with E-state index in [2.05, 4.69) is 25.2 Å². The molecule has 0 spiro atoms. The van der Waals surface area contributed by atoms with E-state index in [9.17, 15) is 9.59 Å². The Labute approximate surface area is 176 Å². The summed E-state index contributed by atoms with van der Waals surface area (Å²) >= 11 is 1.45. The van der Waals surface area contributed by atoms with Gasteiger partial charge < -0.3 is 10.2 Å². The van der Waals surface area contributed by atoms with Gasteiger partial charge in [-0.05, 0) is 55.0 Å². The highest BCUT2D eigenvalue weighted by atomic mass is 32.2. The fourth-order valence-corrected chi connectivity index (χ4v) is 5.15. The van der Waals surface area contributed by atoms with Crippen LogP contribution in [0.25, 0.3) is 6.08 Å². The SMILES string of the molecule is Cc1cccc(/C=C2/Sc3ccc(C(=O)N4C[C@H](C)C[C@@H](C)C4)cc3NC2=O)c1. The van der Waals surface area contributed by atoms with Crippen molar-refractivity contribution in [2.75, 3.05) is 18.4 Å². The number of anilines is 1. The number of hydrogen-bond donors (Lipinski definition) is 1. The van der Waals surface area contributed by atoms with E-state index in [-0.39, 0.29) is 11.8 Å². The van der Waals surface area contributed by atoms with Crippen molar-refractivity contribution in [3.63, 3.8) is 0 Å². The van der Waals surface area contributed by atoms with E-state index < -0.39 is 0 Å². The number of benzene rings is 2. The number of piperidine rings is 1. The van der Waals surface area contributed by atoms with Gasteiger partial charge in [-0.15, -0.1) is 0 Å². The second kappa shape index (κ2) is 8.07. The van der Waals surface area contributed by atoms with Gasteiger partial charge in [0.25, 0.3) is 11.8 Å². The van der Waals surface area contributed by atoms with Crippen LogP contribution in [0.2, 0.25) is 0 Å². The van der Waals surface area contributed by atoms with Crippen molar-refractivity contribution in [2.24, 2.45) is 11.8 Å². The molecule has 2 heterocycles. The van der Waals surface area contributed by atoms with Gasteiger partial charge in [-0.2, -0.15) is 0 Å². The summed E-state index contributed by atoms with van der Waals surface area (Å²) in [7, 11) is 0. The normalized spacial score (nSPS) is 22.9. The number of carbonyl (C=O) groups excluding carboxylic acids is 2. The second-order valence-electron chi connectivity index (χ2n) is 8.35. The van der Waals surface area contributed by atoms with Gasteiger partial charge in [0.05, 0.1) is 10.6 Å². The zero-order chi connectivity index (χ0) is 20.5. The van der Waals surface area contributed by atoms with Crippen LogP contribution >= 0.6 is 11.8 Å². The Bertz CT molecular complexity index is 988. The number of thioether (sulfide) groups is 1. The van der Waals surface area contributed by atoms with Crippen LogP contribution in [0.1, 0.15) is 41.8 Å². The summed E-state index contributed by atoms with van der Waals surface area (Å²) in [6, 6.07) is 13.7. The van der Waals surface area contributed by atoms with Crippen LogP contribution in [-0.2, 0) is 4.79 Å². The Morgan fingerprint density at radius 2 is 1.90 bits per heavy atom. The predicted octanol–water partition coefficient (Wildman–Crippen LogP) is 5.20. The molecular weight excluding hydrogens is 380 g/mol. The van der Waals surface area contributed by atoms with Gasteiger partial charge in [0.1, 0.15) is 0 Å². The van der Waals surface area contributed by atoms with E-state index in [0.29, 0.717) is 28.0 Å². The number of nitrogens with one attached hydrogen (secondary N) is 1. The predicted molar refractivity (Wildman–Crippen MR) is 119 cm³/mol. The number of nitrogens with zero attached hydrogens (tertiary/aromatic N) is 1. The number of carbonyl (C=O) groups is 2. The lowest BCUT2D eigenvalue weighted by atomic mass is 9.91. The zero-order valence-corrected chi connectivity index (χ0v) is 17.9. The quantitative estimate of drug-likeness (QED) is 0.698. The summed E-state index contributed by atoms with van der Waals surface area (Å²) in [6.45, 7) is 8.02. The molecule has 1 fully saturated rings. The molecule has 0 saturated carbocycles. The number of hydrogen-bond acceptors (Lipinski definition) is 3. The molecule has 2 aromatic carbocycles. The van der Waals surface area contributed by atoms with Crippen LogP contribution < -0.4 is 5.32 Å². The van der Waals surface area contributed by atoms with Gasteiger partial charge >= 0.3 is 0 Å². The monoisotopic (exact) mass is 406 g/mol. The first-order chi connectivity index (χ1) is 13.9. The number of likely N-dealkylation sites (tertiary alicyclic amines) is 1. The molecule has 2 aromatic rings. The van der Waals surface area contributed by atoms with Crippen LogP contribution in [0.5, 0.6) is 0 Å². The Hall–Kier alpha value is -2.53. The molecule has 5 heteroatoms. The lowest BCUT2D eigenvalue weighted by Crippen LogP contribution is -2.42. The first-order valence-corrected chi connectivity index (χ1v) is 10.9. The van der Waals surface area contributed by atoms with Crippen molar-refractivity contribution in [2.45, 2.75) is 32.1 Å². The summed E-state index contributed by atoms with van der Waals surface area (Å²) in [5, 5.41) is 2.96. The molecule has 2 aliphatic rings. The van der Waals surface area contributed by atoms with Crippen LogP contribution in [0.3, 0.4) is 0 Å². The maximum absolute atomic E-state index is 13.0. The highest BCUT2D eigenvalue weighted by Crippen LogP contribution is 2.39. The van der Waals surface area contributed by atoms with E-state index in [4.69, 9.17) is 0 Å². The highest BCUT2D eigenvalue weighted by Gasteiger charge is 2.28. The molecule has 0 bridgehead atoms. The van der Waals surface area contributed by atoms with Gasteiger partial charge in [0.2, 0.25) is 0 Å². The fraction of sp³-hybridized carbons (Fsp3) is 0.333. The van der Waals surface area contributed by atoms with Crippen LogP contribution in [0, 0.1) is 18.8 Å². The van der Waals surface area contributed by atoms with Crippen LogP contribution in [-0.4, -0.2) is 29.8 Å². The van der Waals surface area contributed by atoms with Crippen molar-refractivity contribution in [3.05, 3.63) is 64.1 Å². The van der Waals surface area contributed by atoms with Crippen LogP contribution in [0.4, 0.5) is 5.69 Å². The first kappa shape index (κ1) is 19.8. The van der Waals surface area contributed by atoms with E-state index in [1.807, 2.05) is 54.3 Å². The third kappa shape index (κ3) is 4.40. The highest BCUT2D eigenvalue weighted by molar-refractivity contribution is 8.04. The molecule has 2 aliphatic heterocycles. The number of fused-ring (bicyclic) bond motifs is 1. The Kier molecular flexibility index (Phi) is 5.50. The molecule has 0 radical (unpaired) electrons. The lowest BCUT2D eigenvalue weighted by Gasteiger charge is -2.35. The molecule has 0 aliphatic carbocycles. The lowest BCUT2D eigenvalue weighted by molar-refractivity contribution is -0.112. The first-order valence-electron chi connectivity index (χ1n) is 10.1.